The lowest BCUT2D eigenvalue weighted by atomic mass is 9.47. The number of furan rings is 1. The minimum atomic E-state index is -0.696. The molecule has 2 aliphatic rings. The number of anilines is 1. The van der Waals surface area contributed by atoms with Crippen LogP contribution in [-0.2, 0) is 17.8 Å². The topological polar surface area (TPSA) is 125 Å². The summed E-state index contributed by atoms with van der Waals surface area (Å²) in [4.78, 5) is 32.2. The molecule has 1 saturated carbocycles. The standard InChI is InChI=1S/C26H31N3O5S2/c1-25-8-7-20(31)26(2,14-30)19(25)12-18-22(16(25)11-21(32)27-13-15-5-3-9-34-15)28-24(36-18)29-23(33)17-6-4-10-35-17/h3-6,9-10,16,19-20,30-31H,7-8,11-14H2,1-2H3,(H,27,32)(H,28,29,33). The Bertz CT molecular complexity index is 1220. The molecule has 0 spiro atoms. The number of thiazole rings is 1. The number of amides is 2. The predicted octanol–water partition coefficient (Wildman–Crippen LogP) is 4.17. The van der Waals surface area contributed by atoms with Gasteiger partial charge in [0.15, 0.2) is 5.13 Å². The van der Waals surface area contributed by atoms with E-state index in [4.69, 9.17) is 9.40 Å². The van der Waals surface area contributed by atoms with Crippen molar-refractivity contribution >= 4 is 39.6 Å². The van der Waals surface area contributed by atoms with Gasteiger partial charge in [-0.05, 0) is 54.2 Å². The van der Waals surface area contributed by atoms with Crippen molar-refractivity contribution in [1.29, 1.82) is 0 Å². The van der Waals surface area contributed by atoms with E-state index in [1.54, 1.807) is 18.4 Å². The molecule has 0 saturated heterocycles. The van der Waals surface area contributed by atoms with Gasteiger partial charge < -0.3 is 19.9 Å². The number of aromatic nitrogens is 1. The number of hydrogen-bond acceptors (Lipinski definition) is 8. The molecule has 3 heterocycles. The molecular weight excluding hydrogens is 498 g/mol. The molecule has 4 N–H and O–H groups in total. The average Bonchev–Trinajstić information content (AvgIpc) is 3.63. The largest absolute Gasteiger partial charge is 0.467 e. The molecule has 0 bridgehead atoms. The Morgan fingerprint density at radius 3 is 2.81 bits per heavy atom. The van der Waals surface area contributed by atoms with Crippen molar-refractivity contribution in [3.63, 3.8) is 0 Å². The zero-order valence-electron chi connectivity index (χ0n) is 20.3. The number of rotatable bonds is 7. The van der Waals surface area contributed by atoms with Crippen molar-refractivity contribution in [1.82, 2.24) is 10.3 Å². The van der Waals surface area contributed by atoms with Crippen LogP contribution in [0.4, 0.5) is 5.13 Å². The number of aliphatic hydroxyl groups is 2. The van der Waals surface area contributed by atoms with Gasteiger partial charge in [-0.1, -0.05) is 19.9 Å². The van der Waals surface area contributed by atoms with Gasteiger partial charge in [-0.3, -0.25) is 14.9 Å². The summed E-state index contributed by atoms with van der Waals surface area (Å²) in [5.74, 6) is 0.0965. The van der Waals surface area contributed by atoms with Crippen LogP contribution in [0.15, 0.2) is 40.3 Å². The van der Waals surface area contributed by atoms with Gasteiger partial charge >= 0.3 is 0 Å². The van der Waals surface area contributed by atoms with E-state index in [2.05, 4.69) is 17.6 Å². The molecule has 1 fully saturated rings. The summed E-state index contributed by atoms with van der Waals surface area (Å²) in [6, 6.07) is 7.19. The van der Waals surface area contributed by atoms with Crippen LogP contribution in [0.5, 0.6) is 0 Å². The molecule has 192 valence electrons. The van der Waals surface area contributed by atoms with Crippen LogP contribution in [0.25, 0.3) is 0 Å². The molecule has 0 aromatic carbocycles. The van der Waals surface area contributed by atoms with Crippen molar-refractivity contribution in [2.24, 2.45) is 16.7 Å². The lowest BCUT2D eigenvalue weighted by Gasteiger charge is -2.58. The first-order valence-electron chi connectivity index (χ1n) is 12.2. The maximum atomic E-state index is 13.1. The summed E-state index contributed by atoms with van der Waals surface area (Å²) >= 11 is 2.79. The number of carbonyl (C=O) groups is 2. The maximum Gasteiger partial charge on any atom is 0.267 e. The Morgan fingerprint density at radius 2 is 2.11 bits per heavy atom. The lowest BCUT2D eigenvalue weighted by molar-refractivity contribution is -0.144. The number of nitrogens with zero attached hydrogens (tertiary/aromatic N) is 1. The van der Waals surface area contributed by atoms with E-state index in [0.29, 0.717) is 35.2 Å². The van der Waals surface area contributed by atoms with E-state index in [1.165, 1.54) is 22.7 Å². The lowest BCUT2D eigenvalue weighted by Crippen LogP contribution is -2.57. The Balaban J connectivity index is 1.46. The van der Waals surface area contributed by atoms with Crippen LogP contribution in [0.2, 0.25) is 0 Å². The zero-order valence-corrected chi connectivity index (χ0v) is 22.0. The second-order valence-corrected chi connectivity index (χ2v) is 12.4. The fraction of sp³-hybridized carbons (Fsp3) is 0.500. The highest BCUT2D eigenvalue weighted by molar-refractivity contribution is 7.16. The van der Waals surface area contributed by atoms with Crippen LogP contribution in [0, 0.1) is 16.7 Å². The van der Waals surface area contributed by atoms with Gasteiger partial charge in [-0.25, -0.2) is 4.98 Å². The van der Waals surface area contributed by atoms with E-state index < -0.39 is 11.5 Å². The Morgan fingerprint density at radius 1 is 1.28 bits per heavy atom. The molecule has 10 heteroatoms. The number of aliphatic hydroxyl groups excluding tert-OH is 2. The number of carbonyl (C=O) groups excluding carboxylic acids is 2. The van der Waals surface area contributed by atoms with Crippen LogP contribution in [0.1, 0.15) is 65.0 Å². The van der Waals surface area contributed by atoms with Crippen LogP contribution >= 0.6 is 22.7 Å². The Kier molecular flexibility index (Phi) is 6.80. The minimum Gasteiger partial charge on any atom is -0.467 e. The van der Waals surface area contributed by atoms with Crippen LogP contribution in [-0.4, -0.2) is 39.7 Å². The second kappa shape index (κ2) is 9.74. The summed E-state index contributed by atoms with van der Waals surface area (Å²) in [6.45, 7) is 4.27. The highest BCUT2D eigenvalue weighted by Crippen LogP contribution is 2.62. The average molecular weight is 530 g/mol. The molecule has 0 radical (unpaired) electrons. The molecule has 3 aromatic rings. The summed E-state index contributed by atoms with van der Waals surface area (Å²) in [5, 5.41) is 29.5. The van der Waals surface area contributed by atoms with Gasteiger partial charge in [0.05, 0.1) is 36.1 Å². The third kappa shape index (κ3) is 4.40. The first kappa shape index (κ1) is 25.1. The van der Waals surface area contributed by atoms with Gasteiger partial charge in [0, 0.05) is 22.6 Å². The quantitative estimate of drug-likeness (QED) is 0.364. The number of thiophene rings is 1. The normalized spacial score (nSPS) is 29.3. The fourth-order valence-corrected chi connectivity index (χ4v) is 7.80. The fourth-order valence-electron chi connectivity index (χ4n) is 6.12. The summed E-state index contributed by atoms with van der Waals surface area (Å²) < 4.78 is 5.34. The Labute approximate surface area is 217 Å². The molecule has 5 unspecified atom stereocenters. The van der Waals surface area contributed by atoms with Crippen molar-refractivity contribution in [2.45, 2.75) is 58.1 Å². The molecule has 2 amide bonds. The van der Waals surface area contributed by atoms with Gasteiger partial charge in [-0.15, -0.1) is 22.7 Å². The smallest absolute Gasteiger partial charge is 0.267 e. The summed E-state index contributed by atoms with van der Waals surface area (Å²) in [6.07, 6.45) is 3.08. The van der Waals surface area contributed by atoms with E-state index in [1.807, 2.05) is 24.4 Å². The predicted molar refractivity (Wildman–Crippen MR) is 138 cm³/mol. The zero-order chi connectivity index (χ0) is 25.5. The molecular formula is C26H31N3O5S2. The van der Waals surface area contributed by atoms with E-state index in [9.17, 15) is 19.8 Å². The molecule has 5 atom stereocenters. The van der Waals surface area contributed by atoms with Gasteiger partial charge in [0.1, 0.15) is 5.76 Å². The van der Waals surface area contributed by atoms with E-state index in [-0.39, 0.29) is 42.1 Å². The first-order chi connectivity index (χ1) is 17.2. The molecule has 2 aliphatic carbocycles. The Hall–Kier alpha value is -2.53. The van der Waals surface area contributed by atoms with Gasteiger partial charge in [0.25, 0.3) is 5.91 Å². The maximum absolute atomic E-state index is 13.1. The van der Waals surface area contributed by atoms with Crippen molar-refractivity contribution < 1.29 is 24.2 Å². The molecule has 36 heavy (non-hydrogen) atoms. The molecule has 5 rings (SSSR count). The highest BCUT2D eigenvalue weighted by atomic mass is 32.1. The first-order valence-corrected chi connectivity index (χ1v) is 13.9. The van der Waals surface area contributed by atoms with Crippen LogP contribution in [0.3, 0.4) is 0 Å². The third-order valence-electron chi connectivity index (χ3n) is 8.29. The highest BCUT2D eigenvalue weighted by Gasteiger charge is 2.59. The second-order valence-electron chi connectivity index (χ2n) is 10.4. The number of hydrogen-bond donors (Lipinski definition) is 4. The SMILES string of the molecule is CC1(CO)C(O)CCC2(C)C(CC(=O)NCc3ccco3)c3nc(NC(=O)c4cccs4)sc3CC12. The van der Waals surface area contributed by atoms with Gasteiger partial charge in [-0.2, -0.15) is 0 Å². The van der Waals surface area contributed by atoms with Crippen molar-refractivity contribution in [3.05, 3.63) is 57.1 Å². The van der Waals surface area contributed by atoms with E-state index in [0.717, 1.165) is 17.0 Å². The van der Waals surface area contributed by atoms with Crippen LogP contribution < -0.4 is 10.6 Å². The van der Waals surface area contributed by atoms with E-state index >= 15 is 0 Å². The molecule has 8 nitrogen and oxygen atoms in total. The summed E-state index contributed by atoms with van der Waals surface area (Å²) in [5.41, 5.74) is -0.211. The van der Waals surface area contributed by atoms with Gasteiger partial charge in [0.2, 0.25) is 5.91 Å². The molecule has 0 aliphatic heterocycles. The molecule has 3 aromatic heterocycles. The number of fused-ring (bicyclic) bond motifs is 2. The monoisotopic (exact) mass is 529 g/mol. The van der Waals surface area contributed by atoms with Crippen molar-refractivity contribution in [3.8, 4) is 0 Å². The van der Waals surface area contributed by atoms with Crippen molar-refractivity contribution in [2.75, 3.05) is 11.9 Å². The third-order valence-corrected chi connectivity index (χ3v) is 10.2. The summed E-state index contributed by atoms with van der Waals surface area (Å²) in [7, 11) is 0. The minimum absolute atomic E-state index is 0.0459. The number of nitrogens with one attached hydrogen (secondary N) is 2.